The highest BCUT2D eigenvalue weighted by Gasteiger charge is 2.67. The SMILES string of the molecule is CC12CC(O)C(O)CC1C(=O)C=C1C2CCC2(C)C(C(=O)CN3CCOCC3)CC[C@@]12O. The van der Waals surface area contributed by atoms with Crippen LogP contribution in [0.3, 0.4) is 0 Å². The zero-order chi connectivity index (χ0) is 22.9. The third kappa shape index (κ3) is 3.12. The van der Waals surface area contributed by atoms with Gasteiger partial charge < -0.3 is 20.1 Å². The van der Waals surface area contributed by atoms with E-state index in [1.165, 1.54) is 0 Å². The summed E-state index contributed by atoms with van der Waals surface area (Å²) in [5, 5.41) is 32.7. The highest BCUT2D eigenvalue weighted by atomic mass is 16.5. The summed E-state index contributed by atoms with van der Waals surface area (Å²) in [6.45, 7) is 7.29. The first-order chi connectivity index (χ1) is 15.1. The van der Waals surface area contributed by atoms with Gasteiger partial charge in [0.25, 0.3) is 0 Å². The first-order valence-electron chi connectivity index (χ1n) is 12.3. The Kier molecular flexibility index (Phi) is 5.45. The van der Waals surface area contributed by atoms with Gasteiger partial charge in [-0.3, -0.25) is 14.5 Å². The summed E-state index contributed by atoms with van der Waals surface area (Å²) in [4.78, 5) is 28.7. The van der Waals surface area contributed by atoms with Crippen molar-refractivity contribution in [2.24, 2.45) is 28.6 Å². The van der Waals surface area contributed by atoms with E-state index in [-0.39, 0.29) is 35.7 Å². The molecule has 0 spiro atoms. The van der Waals surface area contributed by atoms with E-state index in [4.69, 9.17) is 4.74 Å². The maximum atomic E-state index is 13.4. The van der Waals surface area contributed by atoms with E-state index in [9.17, 15) is 24.9 Å². The Morgan fingerprint density at radius 2 is 1.84 bits per heavy atom. The number of carbonyl (C=O) groups is 2. The van der Waals surface area contributed by atoms with Crippen LogP contribution in [0, 0.1) is 28.6 Å². The van der Waals surface area contributed by atoms with Crippen molar-refractivity contribution in [1.82, 2.24) is 4.90 Å². The van der Waals surface area contributed by atoms with Crippen molar-refractivity contribution in [2.45, 2.75) is 70.2 Å². The second-order valence-electron chi connectivity index (χ2n) is 11.5. The van der Waals surface area contributed by atoms with Crippen LogP contribution in [0.25, 0.3) is 0 Å². The normalized spacial score (nSPS) is 49.1. The minimum absolute atomic E-state index is 0.0153. The highest BCUT2D eigenvalue weighted by molar-refractivity contribution is 5.95. The van der Waals surface area contributed by atoms with Crippen LogP contribution in [0.5, 0.6) is 0 Å². The fraction of sp³-hybridized carbons (Fsp3) is 0.840. The maximum Gasteiger partial charge on any atom is 0.159 e. The Bertz CT molecular complexity index is 836. The van der Waals surface area contributed by atoms with Crippen LogP contribution in [-0.2, 0) is 14.3 Å². The summed E-state index contributed by atoms with van der Waals surface area (Å²) in [5.74, 6) is -0.435. The second kappa shape index (κ2) is 7.70. The number of carbonyl (C=O) groups excluding carboxylic acids is 2. The van der Waals surface area contributed by atoms with Crippen LogP contribution >= 0.6 is 0 Å². The van der Waals surface area contributed by atoms with E-state index in [2.05, 4.69) is 4.90 Å². The number of hydrogen-bond donors (Lipinski definition) is 3. The number of aliphatic hydroxyl groups is 3. The van der Waals surface area contributed by atoms with E-state index in [1.54, 1.807) is 6.08 Å². The Morgan fingerprint density at radius 3 is 2.56 bits per heavy atom. The molecule has 178 valence electrons. The summed E-state index contributed by atoms with van der Waals surface area (Å²) >= 11 is 0. The number of ketones is 2. The summed E-state index contributed by atoms with van der Waals surface area (Å²) in [5.41, 5.74) is -1.46. The van der Waals surface area contributed by atoms with Crippen molar-refractivity contribution in [2.75, 3.05) is 32.8 Å². The van der Waals surface area contributed by atoms with Gasteiger partial charge in [0.1, 0.15) is 0 Å². The van der Waals surface area contributed by atoms with Gasteiger partial charge in [0, 0.05) is 30.3 Å². The lowest BCUT2D eigenvalue weighted by Gasteiger charge is -2.59. The van der Waals surface area contributed by atoms with E-state index in [0.29, 0.717) is 39.0 Å². The van der Waals surface area contributed by atoms with Gasteiger partial charge in [0.2, 0.25) is 0 Å². The molecule has 4 aliphatic carbocycles. The molecule has 0 amide bonds. The number of rotatable bonds is 3. The van der Waals surface area contributed by atoms with Gasteiger partial charge in [0.15, 0.2) is 11.6 Å². The lowest BCUT2D eigenvalue weighted by molar-refractivity contribution is -0.154. The molecule has 0 aromatic rings. The topological polar surface area (TPSA) is 107 Å². The average molecular weight is 448 g/mol. The van der Waals surface area contributed by atoms with Gasteiger partial charge in [-0.2, -0.15) is 0 Å². The van der Waals surface area contributed by atoms with Crippen LogP contribution in [0.15, 0.2) is 11.6 Å². The van der Waals surface area contributed by atoms with Crippen molar-refractivity contribution in [1.29, 1.82) is 0 Å². The zero-order valence-electron chi connectivity index (χ0n) is 19.3. The van der Waals surface area contributed by atoms with Gasteiger partial charge >= 0.3 is 0 Å². The minimum Gasteiger partial charge on any atom is -0.390 e. The Hall–Kier alpha value is -1.12. The molecule has 7 heteroatoms. The third-order valence-electron chi connectivity index (χ3n) is 9.99. The molecule has 0 bridgehead atoms. The van der Waals surface area contributed by atoms with Crippen LogP contribution in [0.4, 0.5) is 0 Å². The van der Waals surface area contributed by atoms with E-state index in [1.807, 2.05) is 13.8 Å². The minimum atomic E-state index is -1.17. The molecule has 5 rings (SSSR count). The second-order valence-corrected chi connectivity index (χ2v) is 11.5. The maximum absolute atomic E-state index is 13.4. The van der Waals surface area contributed by atoms with Crippen LogP contribution in [-0.4, -0.2) is 82.4 Å². The lowest BCUT2D eigenvalue weighted by atomic mass is 9.46. The molecular weight excluding hydrogens is 410 g/mol. The number of hydrogen-bond acceptors (Lipinski definition) is 7. The van der Waals surface area contributed by atoms with Crippen molar-refractivity contribution in [3.8, 4) is 0 Å². The number of morpholine rings is 1. The number of aliphatic hydroxyl groups excluding tert-OH is 2. The third-order valence-corrected chi connectivity index (χ3v) is 9.99. The van der Waals surface area contributed by atoms with Crippen molar-refractivity contribution in [3.63, 3.8) is 0 Å². The van der Waals surface area contributed by atoms with Crippen LogP contribution in [0.2, 0.25) is 0 Å². The van der Waals surface area contributed by atoms with Gasteiger partial charge in [-0.15, -0.1) is 0 Å². The molecule has 0 aromatic heterocycles. The molecule has 7 unspecified atom stereocenters. The van der Waals surface area contributed by atoms with Crippen molar-refractivity contribution in [3.05, 3.63) is 11.6 Å². The molecule has 1 saturated heterocycles. The molecule has 1 heterocycles. The first kappa shape index (κ1) is 22.7. The van der Waals surface area contributed by atoms with Gasteiger partial charge in [-0.25, -0.2) is 0 Å². The Morgan fingerprint density at radius 1 is 1.12 bits per heavy atom. The number of ether oxygens (including phenoxy) is 1. The predicted octanol–water partition coefficient (Wildman–Crippen LogP) is 1.09. The molecule has 5 aliphatic rings. The summed E-state index contributed by atoms with van der Waals surface area (Å²) in [6.07, 6.45) is 3.19. The van der Waals surface area contributed by atoms with Crippen molar-refractivity contribution >= 4 is 11.6 Å². The van der Waals surface area contributed by atoms with E-state index < -0.39 is 28.6 Å². The van der Waals surface area contributed by atoms with Crippen LogP contribution in [0.1, 0.15) is 52.4 Å². The highest BCUT2D eigenvalue weighted by Crippen LogP contribution is 2.67. The van der Waals surface area contributed by atoms with Crippen LogP contribution < -0.4 is 0 Å². The van der Waals surface area contributed by atoms with E-state index in [0.717, 1.165) is 31.5 Å². The quantitative estimate of drug-likeness (QED) is 0.595. The molecule has 0 aromatic carbocycles. The molecule has 3 N–H and O–H groups in total. The van der Waals surface area contributed by atoms with E-state index >= 15 is 0 Å². The smallest absolute Gasteiger partial charge is 0.159 e. The summed E-state index contributed by atoms with van der Waals surface area (Å²) in [6, 6.07) is 0. The van der Waals surface area contributed by atoms with Crippen molar-refractivity contribution < 1.29 is 29.6 Å². The molecule has 8 atom stereocenters. The predicted molar refractivity (Wildman–Crippen MR) is 117 cm³/mol. The van der Waals surface area contributed by atoms with Gasteiger partial charge in [-0.05, 0) is 61.5 Å². The van der Waals surface area contributed by atoms with Gasteiger partial charge in [0.05, 0.1) is 37.6 Å². The molecule has 7 nitrogen and oxygen atoms in total. The molecular formula is C25H37NO6. The average Bonchev–Trinajstić information content (AvgIpc) is 3.03. The fourth-order valence-electron chi connectivity index (χ4n) is 7.98. The number of allylic oxidation sites excluding steroid dienone is 1. The molecule has 3 saturated carbocycles. The zero-order valence-corrected chi connectivity index (χ0v) is 19.3. The first-order valence-corrected chi connectivity index (χ1v) is 12.3. The number of fused-ring (bicyclic) bond motifs is 5. The molecule has 4 fully saturated rings. The molecule has 0 radical (unpaired) electrons. The fourth-order valence-corrected chi connectivity index (χ4v) is 7.98. The molecule has 1 aliphatic heterocycles. The summed E-state index contributed by atoms with van der Waals surface area (Å²) in [7, 11) is 0. The number of Topliss-reactive ketones (excluding diaryl/α,β-unsaturated/α-hetero) is 1. The van der Waals surface area contributed by atoms with Gasteiger partial charge in [-0.1, -0.05) is 13.8 Å². The lowest BCUT2D eigenvalue weighted by Crippen LogP contribution is -2.61. The Labute approximate surface area is 189 Å². The number of nitrogens with zero attached hydrogens (tertiary/aromatic N) is 1. The molecule has 32 heavy (non-hydrogen) atoms. The standard InChI is InChI=1S/C25H37NO6/c1-23-13-21(29)20(28)12-18(23)19(27)11-17-15(23)3-5-24(2)16(4-6-25(17,24)31)22(30)14-26-7-9-32-10-8-26/h11,15-16,18,20-21,28-29,31H,3-10,12-14H2,1-2H3/t15?,16?,18?,20?,21?,23?,24?,25-/m1/s1. The summed E-state index contributed by atoms with van der Waals surface area (Å²) < 4.78 is 5.40. The largest absolute Gasteiger partial charge is 0.390 e. The monoisotopic (exact) mass is 447 g/mol. The Balaban J connectivity index is 1.44.